The zero-order chi connectivity index (χ0) is 17.2. The molecule has 2 fully saturated rings. The number of hydrogen-bond donors (Lipinski definition) is 2. The van der Waals surface area contributed by atoms with Crippen LogP contribution in [-0.2, 0) is 4.74 Å². The number of nitrogens with zero attached hydrogens (tertiary/aromatic N) is 1. The lowest BCUT2D eigenvalue weighted by Gasteiger charge is -2.41. The Bertz CT molecular complexity index is 400. The van der Waals surface area contributed by atoms with Crippen molar-refractivity contribution >= 4 is 6.09 Å². The number of rotatable bonds is 5. The van der Waals surface area contributed by atoms with Crippen LogP contribution in [0.1, 0.15) is 60.3 Å². The van der Waals surface area contributed by atoms with Gasteiger partial charge in [0.25, 0.3) is 0 Å². The monoisotopic (exact) mass is 326 g/mol. The molecule has 3 atom stereocenters. The second-order valence-electron chi connectivity index (χ2n) is 8.63. The van der Waals surface area contributed by atoms with Crippen LogP contribution in [0.15, 0.2) is 0 Å². The molecule has 2 aliphatic rings. The maximum Gasteiger partial charge on any atom is 0.407 e. The summed E-state index contributed by atoms with van der Waals surface area (Å²) in [5, 5.41) is 13.3. The van der Waals surface area contributed by atoms with Gasteiger partial charge >= 0.3 is 6.09 Å². The zero-order valence-electron chi connectivity index (χ0n) is 15.3. The minimum Gasteiger partial charge on any atom is -0.444 e. The first-order chi connectivity index (χ1) is 10.6. The maximum atomic E-state index is 12.0. The van der Waals surface area contributed by atoms with Gasteiger partial charge in [0.15, 0.2) is 0 Å². The Morgan fingerprint density at radius 3 is 2.48 bits per heavy atom. The van der Waals surface area contributed by atoms with Crippen LogP contribution in [0, 0.1) is 11.8 Å². The van der Waals surface area contributed by atoms with Gasteiger partial charge in [0.1, 0.15) is 5.60 Å². The molecule has 1 saturated heterocycles. The number of hydrogen-bond acceptors (Lipinski definition) is 4. The molecule has 3 unspecified atom stereocenters. The number of ether oxygens (including phenoxy) is 1. The van der Waals surface area contributed by atoms with E-state index in [1.807, 2.05) is 20.8 Å². The van der Waals surface area contributed by atoms with Gasteiger partial charge in [-0.05, 0) is 72.1 Å². The third-order valence-corrected chi connectivity index (χ3v) is 4.76. The van der Waals surface area contributed by atoms with E-state index >= 15 is 0 Å². The SMILES string of the molecule is CC(C)N1CC(CC(O)C2CC2)CC(NC(=O)OC(C)(C)C)C1. The molecule has 1 heterocycles. The summed E-state index contributed by atoms with van der Waals surface area (Å²) in [5.74, 6) is 0.948. The molecule has 5 nitrogen and oxygen atoms in total. The number of carbonyl (C=O) groups is 1. The topological polar surface area (TPSA) is 61.8 Å². The Hall–Kier alpha value is -0.810. The molecular formula is C18H34N2O3. The van der Waals surface area contributed by atoms with E-state index in [1.54, 1.807) is 0 Å². The van der Waals surface area contributed by atoms with Crippen LogP contribution in [0.25, 0.3) is 0 Å². The minimum atomic E-state index is -0.474. The molecule has 134 valence electrons. The molecule has 1 aliphatic carbocycles. The van der Waals surface area contributed by atoms with E-state index in [4.69, 9.17) is 4.74 Å². The summed E-state index contributed by atoms with van der Waals surface area (Å²) in [4.78, 5) is 14.4. The number of carbonyl (C=O) groups excluding carboxylic acids is 1. The van der Waals surface area contributed by atoms with Crippen molar-refractivity contribution in [3.8, 4) is 0 Å². The summed E-state index contributed by atoms with van der Waals surface area (Å²) >= 11 is 0. The zero-order valence-corrected chi connectivity index (χ0v) is 15.3. The predicted octanol–water partition coefficient (Wildman–Crippen LogP) is 2.77. The van der Waals surface area contributed by atoms with Gasteiger partial charge in [-0.1, -0.05) is 0 Å². The van der Waals surface area contributed by atoms with Crippen molar-refractivity contribution in [2.75, 3.05) is 13.1 Å². The first-order valence-corrected chi connectivity index (χ1v) is 9.05. The van der Waals surface area contributed by atoms with E-state index in [2.05, 4.69) is 24.1 Å². The van der Waals surface area contributed by atoms with Crippen molar-refractivity contribution in [1.82, 2.24) is 10.2 Å². The summed E-state index contributed by atoms with van der Waals surface area (Å²) in [6.45, 7) is 11.9. The van der Waals surface area contributed by atoms with Crippen LogP contribution < -0.4 is 5.32 Å². The van der Waals surface area contributed by atoms with Crippen LogP contribution in [0.3, 0.4) is 0 Å². The van der Waals surface area contributed by atoms with Gasteiger partial charge in [-0.15, -0.1) is 0 Å². The van der Waals surface area contributed by atoms with E-state index in [0.29, 0.717) is 17.9 Å². The molecule has 0 aromatic rings. The highest BCUT2D eigenvalue weighted by Gasteiger charge is 2.35. The molecule has 0 spiro atoms. The van der Waals surface area contributed by atoms with E-state index in [1.165, 1.54) is 12.8 Å². The van der Waals surface area contributed by atoms with Crippen LogP contribution in [0.4, 0.5) is 4.79 Å². The number of piperidine rings is 1. The fourth-order valence-corrected chi connectivity index (χ4v) is 3.43. The summed E-state index contributed by atoms with van der Waals surface area (Å²) in [6.07, 6.45) is 3.60. The highest BCUT2D eigenvalue weighted by molar-refractivity contribution is 5.68. The maximum absolute atomic E-state index is 12.0. The van der Waals surface area contributed by atoms with Gasteiger partial charge in [0.2, 0.25) is 0 Å². The lowest BCUT2D eigenvalue weighted by atomic mass is 9.88. The second-order valence-corrected chi connectivity index (χ2v) is 8.63. The fourth-order valence-electron chi connectivity index (χ4n) is 3.43. The Labute approximate surface area is 140 Å². The predicted molar refractivity (Wildman–Crippen MR) is 91.3 cm³/mol. The lowest BCUT2D eigenvalue weighted by molar-refractivity contribution is 0.0367. The minimum absolute atomic E-state index is 0.0948. The van der Waals surface area contributed by atoms with E-state index in [-0.39, 0.29) is 18.2 Å². The van der Waals surface area contributed by atoms with Gasteiger partial charge in [-0.2, -0.15) is 0 Å². The van der Waals surface area contributed by atoms with E-state index < -0.39 is 5.60 Å². The highest BCUT2D eigenvalue weighted by atomic mass is 16.6. The molecule has 0 aromatic heterocycles. The molecule has 1 aliphatic heterocycles. The Balaban J connectivity index is 1.90. The van der Waals surface area contributed by atoms with Crippen molar-refractivity contribution in [3.63, 3.8) is 0 Å². The van der Waals surface area contributed by atoms with Crippen molar-refractivity contribution in [2.24, 2.45) is 11.8 Å². The fraction of sp³-hybridized carbons (Fsp3) is 0.944. The van der Waals surface area contributed by atoms with Gasteiger partial charge in [-0.3, -0.25) is 4.90 Å². The lowest BCUT2D eigenvalue weighted by Crippen LogP contribution is -2.53. The van der Waals surface area contributed by atoms with E-state index in [0.717, 1.165) is 25.9 Å². The summed E-state index contributed by atoms with van der Waals surface area (Å²) < 4.78 is 5.38. The number of aliphatic hydroxyl groups excluding tert-OH is 1. The van der Waals surface area contributed by atoms with E-state index in [9.17, 15) is 9.90 Å². The summed E-state index contributed by atoms with van der Waals surface area (Å²) in [7, 11) is 0. The number of aliphatic hydroxyl groups is 1. The molecule has 5 heteroatoms. The highest BCUT2D eigenvalue weighted by Crippen LogP contribution is 2.36. The smallest absolute Gasteiger partial charge is 0.407 e. The first-order valence-electron chi connectivity index (χ1n) is 9.05. The average molecular weight is 326 g/mol. The van der Waals surface area contributed by atoms with Crippen LogP contribution >= 0.6 is 0 Å². The van der Waals surface area contributed by atoms with Gasteiger partial charge < -0.3 is 15.2 Å². The third kappa shape index (κ3) is 6.30. The molecule has 0 aromatic carbocycles. The molecule has 0 radical (unpaired) electrons. The molecule has 2 N–H and O–H groups in total. The normalized spacial score (nSPS) is 27.8. The molecule has 2 rings (SSSR count). The van der Waals surface area contributed by atoms with Gasteiger partial charge in [0, 0.05) is 25.2 Å². The van der Waals surface area contributed by atoms with Gasteiger partial charge in [-0.25, -0.2) is 4.79 Å². The average Bonchev–Trinajstić information content (AvgIpc) is 3.19. The standard InChI is InChI=1S/C18H34N2O3/c1-12(2)20-10-13(9-16(21)14-6-7-14)8-15(11-20)19-17(22)23-18(3,4)5/h12-16,21H,6-11H2,1-5H3,(H,19,22). The quantitative estimate of drug-likeness (QED) is 0.815. The first kappa shape index (κ1) is 18.5. The summed E-state index contributed by atoms with van der Waals surface area (Å²) in [6, 6.07) is 0.538. The van der Waals surface area contributed by atoms with Crippen molar-refractivity contribution in [3.05, 3.63) is 0 Å². The largest absolute Gasteiger partial charge is 0.444 e. The molecule has 1 amide bonds. The van der Waals surface area contributed by atoms with Crippen LogP contribution in [-0.4, -0.2) is 53.0 Å². The second kappa shape index (κ2) is 7.39. The molecular weight excluding hydrogens is 292 g/mol. The molecule has 1 saturated carbocycles. The Kier molecular flexibility index (Phi) is 5.95. The third-order valence-electron chi connectivity index (χ3n) is 4.76. The summed E-state index contributed by atoms with van der Waals surface area (Å²) in [5.41, 5.74) is -0.474. The molecule has 0 bridgehead atoms. The van der Waals surface area contributed by atoms with Crippen molar-refractivity contribution in [1.29, 1.82) is 0 Å². The number of alkyl carbamates (subject to hydrolysis) is 1. The number of amides is 1. The number of nitrogens with one attached hydrogen (secondary N) is 1. The van der Waals surface area contributed by atoms with Crippen molar-refractivity contribution < 1.29 is 14.6 Å². The Morgan fingerprint density at radius 2 is 1.96 bits per heavy atom. The van der Waals surface area contributed by atoms with Crippen molar-refractivity contribution in [2.45, 2.75) is 84.1 Å². The van der Waals surface area contributed by atoms with Crippen LogP contribution in [0.2, 0.25) is 0 Å². The number of likely N-dealkylation sites (tertiary alicyclic amines) is 1. The van der Waals surface area contributed by atoms with Gasteiger partial charge in [0.05, 0.1) is 6.10 Å². The van der Waals surface area contributed by atoms with Crippen LogP contribution in [0.5, 0.6) is 0 Å². The molecule has 23 heavy (non-hydrogen) atoms. The Morgan fingerprint density at radius 1 is 1.30 bits per heavy atom.